The minimum Gasteiger partial charge on any atom is -0.206 e. The molecule has 1 aromatic heterocycles. The van der Waals surface area contributed by atoms with Gasteiger partial charge in [0.25, 0.3) is 10.0 Å². The highest BCUT2D eigenvalue weighted by Gasteiger charge is 2.33. The van der Waals surface area contributed by atoms with Crippen LogP contribution in [0.25, 0.3) is 0 Å². The van der Waals surface area contributed by atoms with Crippen LogP contribution in [0.4, 0.5) is 0 Å². The van der Waals surface area contributed by atoms with Gasteiger partial charge in [-0.2, -0.15) is 4.31 Å². The average molecular weight is 328 g/mol. The summed E-state index contributed by atoms with van der Waals surface area (Å²) in [5.41, 5.74) is 0.816. The van der Waals surface area contributed by atoms with E-state index in [-0.39, 0.29) is 0 Å². The van der Waals surface area contributed by atoms with Crippen LogP contribution in [0.3, 0.4) is 0 Å². The van der Waals surface area contributed by atoms with E-state index in [2.05, 4.69) is 0 Å². The van der Waals surface area contributed by atoms with Gasteiger partial charge in [-0.3, -0.25) is 0 Å². The Balaban J connectivity index is 2.17. The van der Waals surface area contributed by atoms with Crippen molar-refractivity contribution in [1.29, 1.82) is 0 Å². The summed E-state index contributed by atoms with van der Waals surface area (Å²) in [6, 6.07) is 1.65. The molecule has 1 atom stereocenters. The van der Waals surface area contributed by atoms with Gasteiger partial charge in [-0.05, 0) is 37.3 Å². The minimum absolute atomic E-state index is 0.344. The maximum atomic E-state index is 12.4. The van der Waals surface area contributed by atoms with E-state index in [0.29, 0.717) is 33.4 Å². The third kappa shape index (κ3) is 2.85. The van der Waals surface area contributed by atoms with Gasteiger partial charge in [0.05, 0.1) is 4.34 Å². The smallest absolute Gasteiger partial charge is 0.206 e. The first-order chi connectivity index (χ1) is 8.45. The molecule has 18 heavy (non-hydrogen) atoms. The predicted octanol–water partition coefficient (Wildman–Crippen LogP) is 3.35. The third-order valence-corrected chi connectivity index (χ3v) is 7.28. The number of aryl methyl sites for hydroxylation is 1. The molecule has 0 amide bonds. The van der Waals surface area contributed by atoms with Crippen molar-refractivity contribution in [2.24, 2.45) is 5.92 Å². The lowest BCUT2D eigenvalue weighted by Gasteiger charge is -2.14. The normalized spacial score (nSPS) is 21.6. The molecule has 2 rings (SSSR count). The second kappa shape index (κ2) is 5.67. The molecule has 0 aromatic carbocycles. The predicted molar refractivity (Wildman–Crippen MR) is 76.3 cm³/mol. The molecule has 0 N–H and O–H groups in total. The first-order valence-electron chi connectivity index (χ1n) is 5.77. The number of alkyl halides is 1. The van der Waals surface area contributed by atoms with E-state index in [4.69, 9.17) is 23.2 Å². The molecule has 7 heteroatoms. The molecule has 0 bridgehead atoms. The van der Waals surface area contributed by atoms with Crippen molar-refractivity contribution in [3.63, 3.8) is 0 Å². The van der Waals surface area contributed by atoms with Gasteiger partial charge in [0, 0.05) is 19.0 Å². The van der Waals surface area contributed by atoms with E-state index in [9.17, 15) is 8.42 Å². The number of thiophene rings is 1. The Morgan fingerprint density at radius 1 is 1.56 bits per heavy atom. The first kappa shape index (κ1) is 14.6. The van der Waals surface area contributed by atoms with Crippen LogP contribution >= 0.6 is 34.5 Å². The SMILES string of the molecule is Cc1cc(S(=O)(=O)N2CCC(CCCl)C2)sc1Cl. The van der Waals surface area contributed by atoms with Gasteiger partial charge in [-0.15, -0.1) is 22.9 Å². The maximum Gasteiger partial charge on any atom is 0.252 e. The molecule has 1 saturated heterocycles. The Bertz CT molecular complexity index is 508. The Kier molecular flexibility index (Phi) is 4.60. The molecule has 1 aliphatic rings. The molecule has 1 aromatic rings. The molecule has 1 unspecified atom stereocenters. The van der Waals surface area contributed by atoms with Crippen molar-refractivity contribution in [3.05, 3.63) is 16.0 Å². The van der Waals surface area contributed by atoms with Crippen LogP contribution < -0.4 is 0 Å². The maximum absolute atomic E-state index is 12.4. The summed E-state index contributed by atoms with van der Waals surface area (Å²) in [7, 11) is -3.37. The summed E-state index contributed by atoms with van der Waals surface area (Å²) >= 11 is 12.8. The minimum atomic E-state index is -3.37. The van der Waals surface area contributed by atoms with Crippen molar-refractivity contribution < 1.29 is 8.42 Å². The van der Waals surface area contributed by atoms with E-state index in [1.165, 1.54) is 0 Å². The van der Waals surface area contributed by atoms with E-state index in [0.717, 1.165) is 29.7 Å². The molecule has 0 aliphatic carbocycles. The number of hydrogen-bond donors (Lipinski definition) is 0. The lowest BCUT2D eigenvalue weighted by Crippen LogP contribution is -2.28. The van der Waals surface area contributed by atoms with E-state index in [1.807, 2.05) is 6.92 Å². The molecule has 102 valence electrons. The zero-order chi connectivity index (χ0) is 13.3. The Morgan fingerprint density at radius 3 is 2.83 bits per heavy atom. The Hall–Kier alpha value is 0.190. The van der Waals surface area contributed by atoms with E-state index in [1.54, 1.807) is 10.4 Å². The topological polar surface area (TPSA) is 37.4 Å². The Morgan fingerprint density at radius 2 is 2.28 bits per heavy atom. The van der Waals surface area contributed by atoms with Gasteiger partial charge in [0.15, 0.2) is 0 Å². The number of sulfonamides is 1. The molecular formula is C11H15Cl2NO2S2. The second-order valence-electron chi connectivity index (χ2n) is 4.52. The molecule has 1 aliphatic heterocycles. The standard InChI is InChI=1S/C11H15Cl2NO2S2/c1-8-6-10(17-11(8)13)18(15,16)14-5-3-9(7-14)2-4-12/h6,9H,2-5,7H2,1H3. The summed E-state index contributed by atoms with van der Waals surface area (Å²) in [5, 5.41) is 0. The van der Waals surface area contributed by atoms with Gasteiger partial charge in [-0.1, -0.05) is 11.6 Å². The molecule has 2 heterocycles. The highest BCUT2D eigenvalue weighted by molar-refractivity contribution is 7.91. The van der Waals surface area contributed by atoms with Gasteiger partial charge in [0.2, 0.25) is 0 Å². The first-order valence-corrected chi connectivity index (χ1v) is 8.94. The second-order valence-corrected chi connectivity index (χ2v) is 8.71. The summed E-state index contributed by atoms with van der Waals surface area (Å²) in [5.74, 6) is 0.969. The van der Waals surface area contributed by atoms with E-state index >= 15 is 0 Å². The zero-order valence-electron chi connectivity index (χ0n) is 10.0. The van der Waals surface area contributed by atoms with Gasteiger partial charge in [-0.25, -0.2) is 8.42 Å². The molecule has 1 fully saturated rings. The summed E-state index contributed by atoms with van der Waals surface area (Å²) in [4.78, 5) is 0. The highest BCUT2D eigenvalue weighted by Crippen LogP contribution is 2.34. The molecule has 0 spiro atoms. The van der Waals surface area contributed by atoms with Crippen LogP contribution in [-0.4, -0.2) is 31.7 Å². The van der Waals surface area contributed by atoms with Crippen molar-refractivity contribution in [3.8, 4) is 0 Å². The van der Waals surface area contributed by atoms with Crippen LogP contribution in [0, 0.1) is 12.8 Å². The van der Waals surface area contributed by atoms with Crippen molar-refractivity contribution >= 4 is 44.6 Å². The van der Waals surface area contributed by atoms with Crippen molar-refractivity contribution in [2.45, 2.75) is 24.0 Å². The number of halogens is 2. The quantitative estimate of drug-likeness (QED) is 0.795. The lowest BCUT2D eigenvalue weighted by molar-refractivity contribution is 0.455. The largest absolute Gasteiger partial charge is 0.252 e. The van der Waals surface area contributed by atoms with Gasteiger partial charge < -0.3 is 0 Å². The van der Waals surface area contributed by atoms with Gasteiger partial charge >= 0.3 is 0 Å². The zero-order valence-corrected chi connectivity index (χ0v) is 13.2. The van der Waals surface area contributed by atoms with Crippen LogP contribution in [0.2, 0.25) is 4.34 Å². The average Bonchev–Trinajstić information content (AvgIpc) is 2.88. The van der Waals surface area contributed by atoms with Crippen molar-refractivity contribution in [1.82, 2.24) is 4.31 Å². The lowest BCUT2D eigenvalue weighted by atomic mass is 10.1. The number of hydrogen-bond acceptors (Lipinski definition) is 3. The highest BCUT2D eigenvalue weighted by atomic mass is 35.5. The molecule has 0 radical (unpaired) electrons. The fourth-order valence-corrected chi connectivity index (χ4v) is 5.79. The van der Waals surface area contributed by atoms with Crippen LogP contribution in [0.5, 0.6) is 0 Å². The molecule has 3 nitrogen and oxygen atoms in total. The summed E-state index contributed by atoms with van der Waals surface area (Å²) in [6.45, 7) is 2.97. The molecule has 0 saturated carbocycles. The third-order valence-electron chi connectivity index (χ3n) is 3.19. The fraction of sp³-hybridized carbons (Fsp3) is 0.636. The summed E-state index contributed by atoms with van der Waals surface area (Å²) < 4.78 is 27.2. The van der Waals surface area contributed by atoms with Crippen LogP contribution in [0.15, 0.2) is 10.3 Å². The van der Waals surface area contributed by atoms with Crippen LogP contribution in [-0.2, 0) is 10.0 Å². The molecular weight excluding hydrogens is 313 g/mol. The monoisotopic (exact) mass is 327 g/mol. The fourth-order valence-electron chi connectivity index (χ4n) is 2.09. The number of nitrogens with zero attached hydrogens (tertiary/aromatic N) is 1. The van der Waals surface area contributed by atoms with E-state index < -0.39 is 10.0 Å². The van der Waals surface area contributed by atoms with Crippen molar-refractivity contribution in [2.75, 3.05) is 19.0 Å². The Labute approximate surface area is 122 Å². The number of rotatable bonds is 4. The summed E-state index contributed by atoms with van der Waals surface area (Å²) in [6.07, 6.45) is 1.77. The van der Waals surface area contributed by atoms with Crippen LogP contribution in [0.1, 0.15) is 18.4 Å². The van der Waals surface area contributed by atoms with Gasteiger partial charge in [0.1, 0.15) is 4.21 Å².